The van der Waals surface area contributed by atoms with Crippen LogP contribution >= 0.6 is 15.9 Å². The average molecular weight is 470 g/mol. The van der Waals surface area contributed by atoms with E-state index in [0.29, 0.717) is 36.0 Å². The van der Waals surface area contributed by atoms with Crippen molar-refractivity contribution in [3.8, 4) is 17.2 Å². The largest absolute Gasteiger partial charge is 0.490 e. The molecular formula is C24H24BrNO4. The Morgan fingerprint density at radius 3 is 2.30 bits per heavy atom. The van der Waals surface area contributed by atoms with Gasteiger partial charge in [-0.3, -0.25) is 4.79 Å². The monoisotopic (exact) mass is 469 g/mol. The van der Waals surface area contributed by atoms with Crippen molar-refractivity contribution < 1.29 is 19.0 Å². The molecule has 0 fully saturated rings. The van der Waals surface area contributed by atoms with Gasteiger partial charge in [-0.2, -0.15) is 0 Å². The average Bonchev–Trinajstić information content (AvgIpc) is 2.73. The fraction of sp³-hybridized carbons (Fsp3) is 0.208. The lowest BCUT2D eigenvalue weighted by atomic mass is 10.2. The Morgan fingerprint density at radius 2 is 1.60 bits per heavy atom. The van der Waals surface area contributed by atoms with Crippen molar-refractivity contribution in [2.24, 2.45) is 0 Å². The number of rotatable bonds is 9. The lowest BCUT2D eigenvalue weighted by Crippen LogP contribution is -2.13. The summed E-state index contributed by atoms with van der Waals surface area (Å²) in [6.45, 7) is 4.74. The van der Waals surface area contributed by atoms with Crippen LogP contribution in [0.25, 0.3) is 0 Å². The Bertz CT molecular complexity index is 976. The third-order valence-corrected chi connectivity index (χ3v) is 4.63. The summed E-state index contributed by atoms with van der Waals surface area (Å²) < 4.78 is 17.8. The summed E-state index contributed by atoms with van der Waals surface area (Å²) in [6, 6.07) is 22.1. The fourth-order valence-electron chi connectivity index (χ4n) is 2.69. The van der Waals surface area contributed by atoms with Gasteiger partial charge in [0, 0.05) is 17.3 Å². The van der Waals surface area contributed by atoms with E-state index in [1.165, 1.54) is 0 Å². The molecule has 0 aromatic heterocycles. The Balaban J connectivity index is 1.54. The van der Waals surface area contributed by atoms with Crippen molar-refractivity contribution in [3.05, 3.63) is 82.8 Å². The maximum atomic E-state index is 12.6. The molecule has 3 rings (SSSR count). The van der Waals surface area contributed by atoms with E-state index in [1.807, 2.05) is 62.4 Å². The Morgan fingerprint density at radius 1 is 0.900 bits per heavy atom. The van der Waals surface area contributed by atoms with Crippen LogP contribution in [0.15, 0.2) is 77.3 Å². The Labute approximate surface area is 185 Å². The minimum atomic E-state index is -0.212. The number of anilines is 1. The first kappa shape index (κ1) is 21.7. The number of amides is 1. The van der Waals surface area contributed by atoms with Crippen LogP contribution in [0.3, 0.4) is 0 Å². The number of ether oxygens (including phenoxy) is 3. The van der Waals surface area contributed by atoms with Gasteiger partial charge in [-0.15, -0.1) is 0 Å². The number of carbonyl (C=O) groups is 1. The molecule has 3 aromatic rings. The minimum absolute atomic E-state index is 0.0572. The summed E-state index contributed by atoms with van der Waals surface area (Å²) >= 11 is 3.46. The lowest BCUT2D eigenvalue weighted by Gasteiger charge is -2.13. The number of halogens is 1. The topological polar surface area (TPSA) is 56.8 Å². The van der Waals surface area contributed by atoms with Crippen LogP contribution in [0, 0.1) is 0 Å². The van der Waals surface area contributed by atoms with E-state index in [2.05, 4.69) is 21.2 Å². The van der Waals surface area contributed by atoms with Crippen LogP contribution in [-0.4, -0.2) is 25.2 Å². The van der Waals surface area contributed by atoms with Crippen molar-refractivity contribution in [1.29, 1.82) is 0 Å². The molecule has 0 aliphatic heterocycles. The van der Waals surface area contributed by atoms with E-state index < -0.39 is 0 Å². The van der Waals surface area contributed by atoms with Crippen LogP contribution in [0.4, 0.5) is 5.69 Å². The quantitative estimate of drug-likeness (QED) is 0.393. The van der Waals surface area contributed by atoms with E-state index in [-0.39, 0.29) is 12.0 Å². The number of para-hydroxylation sites is 1. The van der Waals surface area contributed by atoms with Gasteiger partial charge in [0.1, 0.15) is 30.5 Å². The van der Waals surface area contributed by atoms with Crippen molar-refractivity contribution in [3.63, 3.8) is 0 Å². The molecule has 0 atom stereocenters. The molecule has 156 valence electrons. The molecular weight excluding hydrogens is 446 g/mol. The van der Waals surface area contributed by atoms with Gasteiger partial charge in [0.25, 0.3) is 5.91 Å². The first-order chi connectivity index (χ1) is 14.5. The fourth-order valence-corrected chi connectivity index (χ4v) is 3.17. The first-order valence-electron chi connectivity index (χ1n) is 9.69. The van der Waals surface area contributed by atoms with Crippen LogP contribution in [0.5, 0.6) is 17.2 Å². The molecule has 0 saturated heterocycles. The smallest absolute Gasteiger partial charge is 0.255 e. The van der Waals surface area contributed by atoms with E-state index >= 15 is 0 Å². The highest BCUT2D eigenvalue weighted by Crippen LogP contribution is 2.27. The molecule has 1 amide bonds. The summed E-state index contributed by atoms with van der Waals surface area (Å²) in [7, 11) is 0. The second-order valence-electron chi connectivity index (χ2n) is 6.80. The van der Waals surface area contributed by atoms with Gasteiger partial charge in [-0.05, 0) is 72.2 Å². The van der Waals surface area contributed by atoms with Crippen molar-refractivity contribution in [2.75, 3.05) is 18.5 Å². The molecule has 5 nitrogen and oxygen atoms in total. The van der Waals surface area contributed by atoms with Crippen molar-refractivity contribution in [2.45, 2.75) is 20.0 Å². The third-order valence-electron chi connectivity index (χ3n) is 4.01. The lowest BCUT2D eigenvalue weighted by molar-refractivity contribution is 0.102. The normalized spacial score (nSPS) is 10.5. The van der Waals surface area contributed by atoms with Gasteiger partial charge < -0.3 is 19.5 Å². The van der Waals surface area contributed by atoms with Crippen molar-refractivity contribution >= 4 is 27.5 Å². The molecule has 0 saturated carbocycles. The van der Waals surface area contributed by atoms with Gasteiger partial charge >= 0.3 is 0 Å². The van der Waals surface area contributed by atoms with E-state index in [1.54, 1.807) is 24.3 Å². The number of nitrogens with one attached hydrogen (secondary N) is 1. The molecule has 0 heterocycles. The first-order valence-corrected chi connectivity index (χ1v) is 10.5. The number of benzene rings is 3. The number of hydrogen-bond donors (Lipinski definition) is 1. The van der Waals surface area contributed by atoms with Crippen LogP contribution < -0.4 is 19.5 Å². The molecule has 0 radical (unpaired) electrons. The molecule has 0 unspecified atom stereocenters. The molecule has 1 N–H and O–H groups in total. The van der Waals surface area contributed by atoms with Gasteiger partial charge in [0.05, 0.1) is 10.6 Å². The summed E-state index contributed by atoms with van der Waals surface area (Å²) in [5.74, 6) is 1.95. The molecule has 0 aliphatic rings. The predicted molar refractivity (Wildman–Crippen MR) is 122 cm³/mol. The highest BCUT2D eigenvalue weighted by molar-refractivity contribution is 9.10. The highest BCUT2D eigenvalue weighted by atomic mass is 79.9. The Hall–Kier alpha value is -2.99. The maximum absolute atomic E-state index is 12.6. The molecule has 30 heavy (non-hydrogen) atoms. The zero-order chi connectivity index (χ0) is 21.3. The van der Waals surface area contributed by atoms with Gasteiger partial charge in [-0.1, -0.05) is 24.3 Å². The molecule has 0 spiro atoms. The zero-order valence-electron chi connectivity index (χ0n) is 16.9. The SMILES string of the molecule is CC(C)Oc1ccc(C(=O)Nc2cccc(OCCOc3ccccc3)c2)cc1Br. The molecule has 0 bridgehead atoms. The molecule has 3 aromatic carbocycles. The minimum Gasteiger partial charge on any atom is -0.490 e. The second-order valence-corrected chi connectivity index (χ2v) is 7.66. The zero-order valence-corrected chi connectivity index (χ0v) is 18.5. The van der Waals surface area contributed by atoms with Crippen molar-refractivity contribution in [1.82, 2.24) is 0 Å². The van der Waals surface area contributed by atoms with Crippen LogP contribution in [-0.2, 0) is 0 Å². The number of carbonyl (C=O) groups excluding carboxylic acids is 1. The summed E-state index contributed by atoms with van der Waals surface area (Å²) in [5.41, 5.74) is 1.18. The summed E-state index contributed by atoms with van der Waals surface area (Å²) in [5, 5.41) is 2.89. The van der Waals surface area contributed by atoms with Gasteiger partial charge in [0.2, 0.25) is 0 Å². The van der Waals surface area contributed by atoms with Crippen LogP contribution in [0.1, 0.15) is 24.2 Å². The van der Waals surface area contributed by atoms with Crippen LogP contribution in [0.2, 0.25) is 0 Å². The standard InChI is InChI=1S/C24H24BrNO4/c1-17(2)30-23-12-11-18(15-22(23)25)24(27)26-19-7-6-10-21(16-19)29-14-13-28-20-8-4-3-5-9-20/h3-12,15-17H,13-14H2,1-2H3,(H,26,27). The molecule has 6 heteroatoms. The Kier molecular flexibility index (Phi) is 7.74. The third kappa shape index (κ3) is 6.52. The number of hydrogen-bond acceptors (Lipinski definition) is 4. The van der Waals surface area contributed by atoms with E-state index in [0.717, 1.165) is 10.2 Å². The second kappa shape index (κ2) is 10.7. The molecule has 0 aliphatic carbocycles. The predicted octanol–water partition coefficient (Wildman–Crippen LogP) is 5.95. The van der Waals surface area contributed by atoms with E-state index in [9.17, 15) is 4.79 Å². The van der Waals surface area contributed by atoms with Gasteiger partial charge in [-0.25, -0.2) is 0 Å². The van der Waals surface area contributed by atoms with Gasteiger partial charge in [0.15, 0.2) is 0 Å². The highest BCUT2D eigenvalue weighted by Gasteiger charge is 2.11. The maximum Gasteiger partial charge on any atom is 0.255 e. The summed E-state index contributed by atoms with van der Waals surface area (Å²) in [4.78, 5) is 12.6. The van der Waals surface area contributed by atoms with E-state index in [4.69, 9.17) is 14.2 Å². The summed E-state index contributed by atoms with van der Waals surface area (Å²) in [6.07, 6.45) is 0.0572.